The third-order valence-corrected chi connectivity index (χ3v) is 6.45. The van der Waals surface area contributed by atoms with Crippen molar-refractivity contribution in [2.75, 3.05) is 46.4 Å². The molecule has 1 unspecified atom stereocenters. The van der Waals surface area contributed by atoms with Crippen molar-refractivity contribution in [3.05, 3.63) is 0 Å². The molecule has 0 aliphatic carbocycles. The summed E-state index contributed by atoms with van der Waals surface area (Å²) in [5, 5.41) is 0. The minimum absolute atomic E-state index is 0.310. The predicted molar refractivity (Wildman–Crippen MR) is 78.4 cm³/mol. The Labute approximate surface area is 122 Å². The lowest BCUT2D eigenvalue weighted by Crippen LogP contribution is -2.51. The molecule has 118 valence electrons. The summed E-state index contributed by atoms with van der Waals surface area (Å²) >= 11 is 0. The monoisotopic (exact) mass is 305 g/mol. The summed E-state index contributed by atoms with van der Waals surface area (Å²) in [4.78, 5) is 0. The second kappa shape index (κ2) is 7.17. The number of rotatable bonds is 5. The molecule has 0 aromatic carbocycles. The molecule has 7 heteroatoms. The topological polar surface area (TPSA) is 75.9 Å². The maximum absolute atomic E-state index is 12.6. The lowest BCUT2D eigenvalue weighted by atomic mass is 9.99. The van der Waals surface area contributed by atoms with E-state index in [1.165, 1.54) is 0 Å². The smallest absolute Gasteiger partial charge is 0.281 e. The lowest BCUT2D eigenvalue weighted by Gasteiger charge is -2.37. The largest absolute Gasteiger partial charge is 0.384 e. The quantitative estimate of drug-likeness (QED) is 0.790. The van der Waals surface area contributed by atoms with Gasteiger partial charge in [0.1, 0.15) is 0 Å². The van der Waals surface area contributed by atoms with Crippen molar-refractivity contribution >= 4 is 10.2 Å². The first-order valence-electron chi connectivity index (χ1n) is 7.52. The van der Waals surface area contributed by atoms with Gasteiger partial charge >= 0.3 is 0 Å². The van der Waals surface area contributed by atoms with Crippen LogP contribution in [-0.2, 0) is 14.9 Å². The summed E-state index contributed by atoms with van der Waals surface area (Å²) in [6.07, 6.45) is 3.74. The van der Waals surface area contributed by atoms with Crippen LogP contribution in [-0.4, -0.2) is 63.5 Å². The Kier molecular flexibility index (Phi) is 5.80. The molecule has 0 spiro atoms. The van der Waals surface area contributed by atoms with Crippen LogP contribution in [0.15, 0.2) is 0 Å². The van der Waals surface area contributed by atoms with E-state index in [0.717, 1.165) is 32.3 Å². The van der Waals surface area contributed by atoms with Gasteiger partial charge in [0.25, 0.3) is 10.2 Å². The van der Waals surface area contributed by atoms with Crippen LogP contribution in [0.5, 0.6) is 0 Å². The number of nitrogens with two attached hydrogens (primary N) is 1. The number of hydrogen-bond donors (Lipinski definition) is 1. The first-order valence-corrected chi connectivity index (χ1v) is 8.92. The molecule has 2 aliphatic rings. The number of hydrogen-bond acceptors (Lipinski definition) is 4. The van der Waals surface area contributed by atoms with Gasteiger partial charge in [-0.1, -0.05) is 0 Å². The Morgan fingerprint density at radius 1 is 1.10 bits per heavy atom. The summed E-state index contributed by atoms with van der Waals surface area (Å²) < 4.78 is 33.7. The lowest BCUT2D eigenvalue weighted by molar-refractivity contribution is 0.118. The van der Waals surface area contributed by atoms with Gasteiger partial charge in [-0.15, -0.1) is 0 Å². The predicted octanol–water partition coefficient (Wildman–Crippen LogP) is 0.260. The molecule has 2 saturated heterocycles. The summed E-state index contributed by atoms with van der Waals surface area (Å²) in [6, 6.07) is 0. The maximum atomic E-state index is 12.6. The average Bonchev–Trinajstić information content (AvgIpc) is 2.48. The van der Waals surface area contributed by atoms with Crippen LogP contribution in [0.3, 0.4) is 0 Å². The van der Waals surface area contributed by atoms with E-state index in [-0.39, 0.29) is 0 Å². The number of ether oxygens (including phenoxy) is 1. The molecular weight excluding hydrogens is 278 g/mol. The Morgan fingerprint density at radius 2 is 1.80 bits per heavy atom. The van der Waals surface area contributed by atoms with Crippen LogP contribution in [0, 0.1) is 11.8 Å². The van der Waals surface area contributed by atoms with E-state index in [4.69, 9.17) is 10.5 Å². The summed E-state index contributed by atoms with van der Waals surface area (Å²) in [5.41, 5.74) is 5.69. The average molecular weight is 305 g/mol. The van der Waals surface area contributed by atoms with Crippen LogP contribution >= 0.6 is 0 Å². The maximum Gasteiger partial charge on any atom is 0.281 e. The van der Waals surface area contributed by atoms with Crippen molar-refractivity contribution in [3.63, 3.8) is 0 Å². The first kappa shape index (κ1) is 16.2. The highest BCUT2D eigenvalue weighted by atomic mass is 32.2. The van der Waals surface area contributed by atoms with Crippen molar-refractivity contribution in [3.8, 4) is 0 Å². The zero-order chi connectivity index (χ0) is 14.6. The molecule has 2 heterocycles. The van der Waals surface area contributed by atoms with Gasteiger partial charge in [0, 0.05) is 39.9 Å². The van der Waals surface area contributed by atoms with Crippen LogP contribution in [0.4, 0.5) is 0 Å². The summed E-state index contributed by atoms with van der Waals surface area (Å²) in [7, 11) is -1.60. The van der Waals surface area contributed by atoms with Gasteiger partial charge in [-0.05, 0) is 44.1 Å². The molecule has 6 nitrogen and oxygen atoms in total. The minimum atomic E-state index is -3.30. The van der Waals surface area contributed by atoms with Gasteiger partial charge in [-0.25, -0.2) is 0 Å². The zero-order valence-corrected chi connectivity index (χ0v) is 13.1. The molecular formula is C13H27N3O3S. The van der Waals surface area contributed by atoms with Gasteiger partial charge in [-0.2, -0.15) is 17.0 Å². The Morgan fingerprint density at radius 3 is 2.40 bits per heavy atom. The van der Waals surface area contributed by atoms with E-state index in [2.05, 4.69) is 0 Å². The third-order valence-electron chi connectivity index (χ3n) is 4.44. The van der Waals surface area contributed by atoms with Crippen LogP contribution in [0.25, 0.3) is 0 Å². The fraction of sp³-hybridized carbons (Fsp3) is 1.00. The van der Waals surface area contributed by atoms with Crippen molar-refractivity contribution in [1.82, 2.24) is 8.61 Å². The van der Waals surface area contributed by atoms with E-state index < -0.39 is 10.2 Å². The zero-order valence-electron chi connectivity index (χ0n) is 12.3. The number of methoxy groups -OCH3 is 1. The molecule has 0 amide bonds. The van der Waals surface area contributed by atoms with Crippen molar-refractivity contribution in [1.29, 1.82) is 0 Å². The Balaban J connectivity index is 1.93. The van der Waals surface area contributed by atoms with Gasteiger partial charge in [0.05, 0.1) is 0 Å². The molecule has 2 rings (SSSR count). The Hall–Kier alpha value is -0.210. The number of nitrogens with zero attached hydrogens (tertiary/aromatic N) is 2. The second-order valence-electron chi connectivity index (χ2n) is 5.91. The van der Waals surface area contributed by atoms with E-state index in [1.807, 2.05) is 0 Å². The Bertz CT molecular complexity index is 394. The molecule has 0 radical (unpaired) electrons. The van der Waals surface area contributed by atoms with Crippen molar-refractivity contribution < 1.29 is 13.2 Å². The highest BCUT2D eigenvalue weighted by Gasteiger charge is 2.35. The molecule has 0 aromatic heterocycles. The minimum Gasteiger partial charge on any atom is -0.384 e. The highest BCUT2D eigenvalue weighted by Crippen LogP contribution is 2.25. The second-order valence-corrected chi connectivity index (χ2v) is 7.84. The molecule has 0 aromatic rings. The van der Waals surface area contributed by atoms with Crippen LogP contribution < -0.4 is 5.73 Å². The van der Waals surface area contributed by atoms with E-state index in [1.54, 1.807) is 15.7 Å². The fourth-order valence-electron chi connectivity index (χ4n) is 3.13. The molecule has 20 heavy (non-hydrogen) atoms. The van der Waals surface area contributed by atoms with Gasteiger partial charge in [0.15, 0.2) is 0 Å². The van der Waals surface area contributed by atoms with Gasteiger partial charge in [-0.3, -0.25) is 0 Å². The summed E-state index contributed by atoms with van der Waals surface area (Å²) in [6.45, 7) is 3.74. The van der Waals surface area contributed by atoms with E-state index in [0.29, 0.717) is 44.6 Å². The number of piperidine rings is 2. The van der Waals surface area contributed by atoms with E-state index >= 15 is 0 Å². The third kappa shape index (κ3) is 3.71. The van der Waals surface area contributed by atoms with Crippen LogP contribution in [0.1, 0.15) is 25.7 Å². The molecule has 2 fully saturated rings. The van der Waals surface area contributed by atoms with Gasteiger partial charge in [0.2, 0.25) is 0 Å². The summed E-state index contributed by atoms with van der Waals surface area (Å²) in [5.74, 6) is 0.800. The standard InChI is InChI=1S/C13H27N3O3S/c1-19-11-12-4-7-15(8-5-12)20(17,18)16-6-2-3-13(9-14)10-16/h12-13H,2-11,14H2,1H3. The van der Waals surface area contributed by atoms with Crippen LogP contribution in [0.2, 0.25) is 0 Å². The molecule has 0 saturated carbocycles. The van der Waals surface area contributed by atoms with E-state index in [9.17, 15) is 8.42 Å². The molecule has 2 aliphatic heterocycles. The van der Waals surface area contributed by atoms with Gasteiger partial charge < -0.3 is 10.5 Å². The molecule has 2 N–H and O–H groups in total. The SMILES string of the molecule is COCC1CCN(S(=O)(=O)N2CCCC(CN)C2)CC1. The molecule has 1 atom stereocenters. The fourth-order valence-corrected chi connectivity index (χ4v) is 4.89. The van der Waals surface area contributed by atoms with Crippen molar-refractivity contribution in [2.45, 2.75) is 25.7 Å². The van der Waals surface area contributed by atoms with Crippen molar-refractivity contribution in [2.24, 2.45) is 17.6 Å². The highest BCUT2D eigenvalue weighted by molar-refractivity contribution is 7.86. The molecule has 0 bridgehead atoms. The first-order chi connectivity index (χ1) is 9.57. The normalized spacial score (nSPS) is 27.8.